The number of pyridine rings is 1. The van der Waals surface area contributed by atoms with E-state index in [4.69, 9.17) is 4.74 Å². The second-order valence-electron chi connectivity index (χ2n) is 5.79. The van der Waals surface area contributed by atoms with E-state index in [-0.39, 0.29) is 5.78 Å². The molecule has 0 fully saturated rings. The third kappa shape index (κ3) is 4.25. The molecule has 0 aliphatic rings. The Bertz CT molecular complexity index is 954. The smallest absolute Gasteiger partial charge is 0.192 e. The SMILES string of the molecule is C=CCn1c(SCc2cc(C(C)=O)ccc2OC)nnc1-c1ccccn1. The Labute approximate surface area is 162 Å². The van der Waals surface area contributed by atoms with Gasteiger partial charge in [0.15, 0.2) is 16.8 Å². The molecule has 2 heterocycles. The molecule has 3 aromatic rings. The maximum atomic E-state index is 11.7. The van der Waals surface area contributed by atoms with E-state index in [1.54, 1.807) is 32.4 Å². The number of carbonyl (C=O) groups excluding carboxylic acids is 1. The van der Waals surface area contributed by atoms with Crippen LogP contribution in [-0.4, -0.2) is 32.6 Å². The van der Waals surface area contributed by atoms with Gasteiger partial charge in [-0.05, 0) is 37.3 Å². The van der Waals surface area contributed by atoms with Gasteiger partial charge < -0.3 is 4.74 Å². The van der Waals surface area contributed by atoms with Crippen LogP contribution >= 0.6 is 11.8 Å². The summed E-state index contributed by atoms with van der Waals surface area (Å²) < 4.78 is 7.40. The number of Topliss-reactive ketones (excluding diaryl/α,β-unsaturated/α-hetero) is 1. The standard InChI is InChI=1S/C20H20N4O2S/c1-4-11-24-19(17-7-5-6-10-21-17)22-23-20(24)27-13-16-12-15(14(2)25)8-9-18(16)26-3/h4-10,12H,1,11,13H2,2-3H3. The van der Waals surface area contributed by atoms with E-state index in [1.165, 1.54) is 11.8 Å². The van der Waals surface area contributed by atoms with Crippen LogP contribution in [0.5, 0.6) is 5.75 Å². The van der Waals surface area contributed by atoms with Gasteiger partial charge in [0.2, 0.25) is 0 Å². The molecule has 7 heteroatoms. The van der Waals surface area contributed by atoms with Crippen LogP contribution in [0.25, 0.3) is 11.5 Å². The molecular weight excluding hydrogens is 360 g/mol. The number of methoxy groups -OCH3 is 1. The molecule has 27 heavy (non-hydrogen) atoms. The van der Waals surface area contributed by atoms with Crippen LogP contribution in [0.3, 0.4) is 0 Å². The van der Waals surface area contributed by atoms with Crippen LogP contribution in [0.1, 0.15) is 22.8 Å². The number of aromatic nitrogens is 4. The number of benzene rings is 1. The Balaban J connectivity index is 1.88. The first-order valence-corrected chi connectivity index (χ1v) is 9.38. The van der Waals surface area contributed by atoms with Crippen LogP contribution in [0.2, 0.25) is 0 Å². The van der Waals surface area contributed by atoms with Gasteiger partial charge >= 0.3 is 0 Å². The lowest BCUT2D eigenvalue weighted by Crippen LogP contribution is -2.02. The zero-order valence-corrected chi connectivity index (χ0v) is 16.1. The Morgan fingerprint density at radius 2 is 2.15 bits per heavy atom. The molecule has 1 aromatic carbocycles. The number of carbonyl (C=O) groups is 1. The highest BCUT2D eigenvalue weighted by molar-refractivity contribution is 7.98. The Morgan fingerprint density at radius 1 is 1.30 bits per heavy atom. The van der Waals surface area contributed by atoms with E-state index < -0.39 is 0 Å². The van der Waals surface area contributed by atoms with Crippen molar-refractivity contribution < 1.29 is 9.53 Å². The molecule has 3 rings (SSSR count). The Kier molecular flexibility index (Phi) is 6.03. The number of ether oxygens (including phenoxy) is 1. The Hall–Kier alpha value is -2.93. The van der Waals surface area contributed by atoms with E-state index in [0.29, 0.717) is 23.7 Å². The van der Waals surface area contributed by atoms with Crippen molar-refractivity contribution in [2.24, 2.45) is 0 Å². The zero-order valence-electron chi connectivity index (χ0n) is 15.3. The molecule has 0 radical (unpaired) electrons. The van der Waals surface area contributed by atoms with Crippen molar-refractivity contribution >= 4 is 17.5 Å². The minimum Gasteiger partial charge on any atom is -0.496 e. The summed E-state index contributed by atoms with van der Waals surface area (Å²) in [7, 11) is 1.62. The molecule has 0 aliphatic heterocycles. The average Bonchev–Trinajstić information content (AvgIpc) is 3.09. The normalized spacial score (nSPS) is 10.6. The highest BCUT2D eigenvalue weighted by atomic mass is 32.2. The van der Waals surface area contributed by atoms with Gasteiger partial charge in [-0.1, -0.05) is 23.9 Å². The molecule has 0 saturated carbocycles. The summed E-state index contributed by atoms with van der Waals surface area (Å²) in [5, 5.41) is 9.38. The molecule has 0 unspecified atom stereocenters. The van der Waals surface area contributed by atoms with Gasteiger partial charge in [-0.3, -0.25) is 14.3 Å². The highest BCUT2D eigenvalue weighted by Crippen LogP contribution is 2.30. The van der Waals surface area contributed by atoms with Gasteiger partial charge in [0.05, 0.1) is 7.11 Å². The van der Waals surface area contributed by atoms with Crippen LogP contribution in [-0.2, 0) is 12.3 Å². The summed E-state index contributed by atoms with van der Waals surface area (Å²) in [6.07, 6.45) is 3.53. The lowest BCUT2D eigenvalue weighted by molar-refractivity contribution is 0.101. The fourth-order valence-electron chi connectivity index (χ4n) is 2.63. The molecule has 0 atom stereocenters. The van der Waals surface area contributed by atoms with Gasteiger partial charge in [0, 0.05) is 29.6 Å². The third-order valence-electron chi connectivity index (χ3n) is 3.97. The van der Waals surface area contributed by atoms with Gasteiger partial charge in [-0.15, -0.1) is 16.8 Å². The second-order valence-corrected chi connectivity index (χ2v) is 6.73. The number of thioether (sulfide) groups is 1. The maximum Gasteiger partial charge on any atom is 0.192 e. The van der Waals surface area contributed by atoms with E-state index in [1.807, 2.05) is 34.9 Å². The van der Waals surface area contributed by atoms with E-state index in [0.717, 1.165) is 22.2 Å². The first kappa shape index (κ1) is 18.8. The minimum absolute atomic E-state index is 0.0242. The van der Waals surface area contributed by atoms with Crippen molar-refractivity contribution in [1.29, 1.82) is 0 Å². The summed E-state index contributed by atoms with van der Waals surface area (Å²) in [6.45, 7) is 5.95. The molecule has 6 nitrogen and oxygen atoms in total. The lowest BCUT2D eigenvalue weighted by atomic mass is 10.1. The van der Waals surface area contributed by atoms with Gasteiger partial charge in [-0.25, -0.2) is 0 Å². The molecule has 0 aliphatic carbocycles. The molecule has 0 bridgehead atoms. The second kappa shape index (κ2) is 8.64. The third-order valence-corrected chi connectivity index (χ3v) is 4.98. The van der Waals surface area contributed by atoms with E-state index in [9.17, 15) is 4.79 Å². The Morgan fingerprint density at radius 3 is 2.81 bits per heavy atom. The summed E-state index contributed by atoms with van der Waals surface area (Å²) >= 11 is 1.53. The monoisotopic (exact) mass is 380 g/mol. The van der Waals surface area contributed by atoms with Crippen molar-refractivity contribution in [2.45, 2.75) is 24.4 Å². The first-order valence-electron chi connectivity index (χ1n) is 8.40. The number of rotatable bonds is 8. The predicted octanol–water partition coefficient (Wildman–Crippen LogP) is 4.03. The highest BCUT2D eigenvalue weighted by Gasteiger charge is 2.15. The van der Waals surface area contributed by atoms with Gasteiger partial charge in [0.1, 0.15) is 11.4 Å². The molecule has 0 saturated heterocycles. The van der Waals surface area contributed by atoms with Crippen molar-refractivity contribution in [2.75, 3.05) is 7.11 Å². The van der Waals surface area contributed by atoms with Crippen molar-refractivity contribution in [3.63, 3.8) is 0 Å². The van der Waals surface area contributed by atoms with Crippen molar-refractivity contribution in [3.05, 3.63) is 66.4 Å². The molecular formula is C20H20N4O2S. The van der Waals surface area contributed by atoms with Crippen LogP contribution in [0, 0.1) is 0 Å². The number of nitrogens with zero attached hydrogens (tertiary/aromatic N) is 4. The average molecular weight is 380 g/mol. The maximum absolute atomic E-state index is 11.7. The van der Waals surface area contributed by atoms with Gasteiger partial charge in [0.25, 0.3) is 0 Å². The van der Waals surface area contributed by atoms with E-state index >= 15 is 0 Å². The summed E-state index contributed by atoms with van der Waals surface area (Å²) in [5.74, 6) is 2.06. The summed E-state index contributed by atoms with van der Waals surface area (Å²) in [6, 6.07) is 11.1. The van der Waals surface area contributed by atoms with Crippen LogP contribution < -0.4 is 4.74 Å². The minimum atomic E-state index is 0.0242. The molecule has 0 amide bonds. The summed E-state index contributed by atoms with van der Waals surface area (Å²) in [4.78, 5) is 16.0. The molecule has 0 N–H and O–H groups in total. The zero-order chi connectivity index (χ0) is 19.2. The van der Waals surface area contributed by atoms with E-state index in [2.05, 4.69) is 21.8 Å². The van der Waals surface area contributed by atoms with Gasteiger partial charge in [-0.2, -0.15) is 0 Å². The molecule has 138 valence electrons. The predicted molar refractivity (Wildman–Crippen MR) is 106 cm³/mol. The quantitative estimate of drug-likeness (QED) is 0.334. The van der Waals surface area contributed by atoms with Crippen LogP contribution in [0.4, 0.5) is 0 Å². The lowest BCUT2D eigenvalue weighted by Gasteiger charge is -2.10. The first-order chi connectivity index (χ1) is 13.1. The summed E-state index contributed by atoms with van der Waals surface area (Å²) in [5.41, 5.74) is 2.35. The largest absolute Gasteiger partial charge is 0.496 e. The van der Waals surface area contributed by atoms with Crippen molar-refractivity contribution in [1.82, 2.24) is 19.7 Å². The van der Waals surface area contributed by atoms with Crippen LogP contribution in [0.15, 0.2) is 60.4 Å². The fraction of sp³-hybridized carbons (Fsp3) is 0.200. The number of hydrogen-bond acceptors (Lipinski definition) is 6. The molecule has 0 spiro atoms. The number of allylic oxidation sites excluding steroid dienone is 1. The topological polar surface area (TPSA) is 69.9 Å². The fourth-order valence-corrected chi connectivity index (χ4v) is 3.55. The molecule has 2 aromatic heterocycles. The van der Waals surface area contributed by atoms with Crippen molar-refractivity contribution in [3.8, 4) is 17.3 Å². The number of hydrogen-bond donors (Lipinski definition) is 0. The number of ketones is 1.